The van der Waals surface area contributed by atoms with Crippen LogP contribution in [-0.2, 0) is 4.74 Å². The Kier molecular flexibility index (Phi) is 10.5. The molecule has 2 aliphatic rings. The van der Waals surface area contributed by atoms with Gasteiger partial charge in [0.25, 0.3) is 0 Å². The van der Waals surface area contributed by atoms with E-state index in [-0.39, 0.29) is 30.1 Å². The van der Waals surface area contributed by atoms with E-state index in [4.69, 9.17) is 9.47 Å². The van der Waals surface area contributed by atoms with Crippen molar-refractivity contribution in [3.63, 3.8) is 0 Å². The molecule has 2 saturated heterocycles. The molecule has 0 bridgehead atoms. The van der Waals surface area contributed by atoms with Crippen molar-refractivity contribution in [3.8, 4) is 5.75 Å². The number of nitrogens with one attached hydrogen (secondary N) is 1. The highest BCUT2D eigenvalue weighted by Gasteiger charge is 2.24. The van der Waals surface area contributed by atoms with E-state index >= 15 is 0 Å². The van der Waals surface area contributed by atoms with Crippen molar-refractivity contribution >= 4 is 35.6 Å². The Morgan fingerprint density at radius 3 is 2.67 bits per heavy atom. The highest BCUT2D eigenvalue weighted by atomic mass is 127. The van der Waals surface area contributed by atoms with E-state index in [1.165, 1.54) is 5.69 Å². The molecule has 3 rings (SSSR count). The summed E-state index contributed by atoms with van der Waals surface area (Å²) >= 11 is 0. The van der Waals surface area contributed by atoms with E-state index in [2.05, 4.69) is 51.0 Å². The molecule has 0 aromatic heterocycles. The van der Waals surface area contributed by atoms with E-state index in [0.29, 0.717) is 5.92 Å². The molecule has 0 saturated carbocycles. The van der Waals surface area contributed by atoms with E-state index in [9.17, 15) is 0 Å². The minimum absolute atomic E-state index is 0. The van der Waals surface area contributed by atoms with Gasteiger partial charge in [0.05, 0.1) is 19.8 Å². The lowest BCUT2D eigenvalue weighted by Crippen LogP contribution is -2.55. The second-order valence-corrected chi connectivity index (χ2v) is 8.25. The molecule has 2 heterocycles. The summed E-state index contributed by atoms with van der Waals surface area (Å²) in [4.78, 5) is 11.8. The van der Waals surface area contributed by atoms with Crippen molar-refractivity contribution in [2.75, 3.05) is 78.0 Å². The number of halogens is 1. The van der Waals surface area contributed by atoms with Gasteiger partial charge >= 0.3 is 0 Å². The largest absolute Gasteiger partial charge is 0.497 e. The molecule has 1 unspecified atom stereocenters. The number of nitrogens with zero attached hydrogens (tertiary/aromatic N) is 4. The first-order valence-electron chi connectivity index (χ1n) is 10.8. The molecular weight excluding hydrogens is 493 g/mol. The first kappa shape index (κ1) is 25.0. The van der Waals surface area contributed by atoms with Gasteiger partial charge in [-0.3, -0.25) is 9.89 Å². The van der Waals surface area contributed by atoms with Gasteiger partial charge in [0.2, 0.25) is 0 Å². The lowest BCUT2D eigenvalue weighted by atomic mass is 10.2. The molecule has 2 fully saturated rings. The van der Waals surface area contributed by atoms with Crippen LogP contribution in [0, 0.1) is 5.92 Å². The maximum atomic E-state index is 5.97. The predicted molar refractivity (Wildman–Crippen MR) is 135 cm³/mol. The van der Waals surface area contributed by atoms with E-state index in [1.54, 1.807) is 7.11 Å². The van der Waals surface area contributed by atoms with Crippen LogP contribution in [0.15, 0.2) is 29.3 Å². The van der Waals surface area contributed by atoms with Gasteiger partial charge in [0.15, 0.2) is 5.96 Å². The molecule has 1 aromatic rings. The summed E-state index contributed by atoms with van der Waals surface area (Å²) in [6.45, 7) is 13.2. The van der Waals surface area contributed by atoms with E-state index < -0.39 is 0 Å². The zero-order valence-corrected chi connectivity index (χ0v) is 21.2. The summed E-state index contributed by atoms with van der Waals surface area (Å²) in [5, 5.41) is 3.54. The average molecular weight is 531 g/mol. The third kappa shape index (κ3) is 7.16. The van der Waals surface area contributed by atoms with Crippen molar-refractivity contribution < 1.29 is 9.47 Å². The van der Waals surface area contributed by atoms with Crippen LogP contribution in [0.1, 0.15) is 13.8 Å². The number of aliphatic imine (C=N–C) groups is 1. The molecule has 2 aliphatic heterocycles. The fraction of sp³-hybridized carbons (Fsp3) is 0.682. The molecular formula is C22H38IN5O2. The lowest BCUT2D eigenvalue weighted by Gasteiger charge is -2.38. The lowest BCUT2D eigenvalue weighted by molar-refractivity contribution is -0.0286. The molecule has 8 heteroatoms. The number of hydrogen-bond acceptors (Lipinski definition) is 5. The zero-order valence-electron chi connectivity index (χ0n) is 18.8. The molecule has 1 N–H and O–H groups in total. The van der Waals surface area contributed by atoms with E-state index in [0.717, 1.165) is 70.7 Å². The van der Waals surface area contributed by atoms with Crippen molar-refractivity contribution in [1.29, 1.82) is 0 Å². The number of ether oxygens (including phenoxy) is 2. The van der Waals surface area contributed by atoms with Gasteiger partial charge in [-0.1, -0.05) is 19.9 Å². The van der Waals surface area contributed by atoms with Gasteiger partial charge in [-0.2, -0.15) is 0 Å². The molecule has 0 spiro atoms. The number of rotatable bonds is 6. The normalized spacial score (nSPS) is 20.8. The Labute approximate surface area is 198 Å². The summed E-state index contributed by atoms with van der Waals surface area (Å²) in [7, 11) is 3.58. The molecule has 1 aromatic carbocycles. The van der Waals surface area contributed by atoms with Crippen molar-refractivity contribution in [2.24, 2.45) is 10.9 Å². The van der Waals surface area contributed by atoms with Gasteiger partial charge in [-0.25, -0.2) is 0 Å². The molecule has 1 atom stereocenters. The molecule has 30 heavy (non-hydrogen) atoms. The number of piperazine rings is 1. The van der Waals surface area contributed by atoms with Gasteiger partial charge in [0.1, 0.15) is 5.75 Å². The summed E-state index contributed by atoms with van der Waals surface area (Å²) in [6, 6.07) is 8.29. The predicted octanol–water partition coefficient (Wildman–Crippen LogP) is 2.37. The van der Waals surface area contributed by atoms with Crippen LogP contribution in [0.3, 0.4) is 0 Å². The van der Waals surface area contributed by atoms with Crippen molar-refractivity contribution in [3.05, 3.63) is 24.3 Å². The molecule has 7 nitrogen and oxygen atoms in total. The Morgan fingerprint density at radius 1 is 1.23 bits per heavy atom. The monoisotopic (exact) mass is 531 g/mol. The van der Waals surface area contributed by atoms with Crippen molar-refractivity contribution in [2.45, 2.75) is 20.0 Å². The number of methoxy groups -OCH3 is 1. The Hall–Kier alpha value is -1.26. The number of morpholine rings is 1. The standard InChI is InChI=1S/C22H37N5O2.HI/c1-18(2)16-25-12-13-29-21(17-25)15-24-22(23-3)27-10-8-26(9-11-27)19-6-5-7-20(14-19)28-4;/h5-7,14,18,21H,8-13,15-17H2,1-4H3,(H,23,24);1H. The maximum Gasteiger partial charge on any atom is 0.193 e. The topological polar surface area (TPSA) is 52.6 Å². The quantitative estimate of drug-likeness (QED) is 0.346. The molecule has 0 aliphatic carbocycles. The van der Waals surface area contributed by atoms with Crippen LogP contribution in [0.25, 0.3) is 0 Å². The average Bonchev–Trinajstić information content (AvgIpc) is 2.74. The number of anilines is 1. The summed E-state index contributed by atoms with van der Waals surface area (Å²) in [5.41, 5.74) is 1.22. The fourth-order valence-electron chi connectivity index (χ4n) is 4.11. The number of guanidine groups is 1. The third-order valence-electron chi connectivity index (χ3n) is 5.54. The van der Waals surface area contributed by atoms with Crippen LogP contribution < -0.4 is 15.0 Å². The highest BCUT2D eigenvalue weighted by Crippen LogP contribution is 2.22. The summed E-state index contributed by atoms with van der Waals surface area (Å²) < 4.78 is 11.3. The van der Waals surface area contributed by atoms with Crippen LogP contribution in [0.2, 0.25) is 0 Å². The highest BCUT2D eigenvalue weighted by molar-refractivity contribution is 14.0. The molecule has 170 valence electrons. The van der Waals surface area contributed by atoms with E-state index in [1.807, 2.05) is 19.2 Å². The SMILES string of the molecule is CN=C(NCC1CN(CC(C)C)CCO1)N1CCN(c2cccc(OC)c2)CC1.I. The van der Waals surface area contributed by atoms with Gasteiger partial charge in [0, 0.05) is 71.2 Å². The third-order valence-corrected chi connectivity index (χ3v) is 5.54. The Balaban J connectivity index is 0.00000320. The van der Waals surface area contributed by atoms with Crippen LogP contribution in [-0.4, -0.2) is 95.0 Å². The second-order valence-electron chi connectivity index (χ2n) is 8.25. The zero-order chi connectivity index (χ0) is 20.6. The molecule has 0 radical (unpaired) electrons. The first-order valence-corrected chi connectivity index (χ1v) is 10.8. The van der Waals surface area contributed by atoms with Gasteiger partial charge < -0.3 is 24.6 Å². The number of hydrogen-bond donors (Lipinski definition) is 1. The summed E-state index contributed by atoms with van der Waals surface area (Å²) in [5.74, 6) is 2.57. The fourth-order valence-corrected chi connectivity index (χ4v) is 4.11. The first-order chi connectivity index (χ1) is 14.1. The Morgan fingerprint density at radius 2 is 2.00 bits per heavy atom. The minimum Gasteiger partial charge on any atom is -0.497 e. The van der Waals surface area contributed by atoms with Crippen LogP contribution in [0.5, 0.6) is 5.75 Å². The van der Waals surface area contributed by atoms with Crippen LogP contribution >= 0.6 is 24.0 Å². The smallest absolute Gasteiger partial charge is 0.193 e. The minimum atomic E-state index is 0. The number of benzene rings is 1. The van der Waals surface area contributed by atoms with Gasteiger partial charge in [-0.15, -0.1) is 24.0 Å². The summed E-state index contributed by atoms with van der Waals surface area (Å²) in [6.07, 6.45) is 0.220. The Bertz CT molecular complexity index is 665. The van der Waals surface area contributed by atoms with Crippen LogP contribution in [0.4, 0.5) is 5.69 Å². The maximum absolute atomic E-state index is 5.97. The second kappa shape index (κ2) is 12.6. The molecule has 0 amide bonds. The van der Waals surface area contributed by atoms with Crippen molar-refractivity contribution in [1.82, 2.24) is 15.1 Å². The van der Waals surface area contributed by atoms with Gasteiger partial charge in [-0.05, 0) is 18.1 Å².